The molecule has 2 N–H and O–H groups in total. The van der Waals surface area contributed by atoms with E-state index in [1.54, 1.807) is 36.0 Å². The maximum Gasteiger partial charge on any atom is 0.416 e. The minimum Gasteiger partial charge on any atom is -0.333 e. The number of hydrogen-bond acceptors (Lipinski definition) is 5. The van der Waals surface area contributed by atoms with E-state index in [-0.39, 0.29) is 36.4 Å². The molecule has 11 heteroatoms. The lowest BCUT2D eigenvalue weighted by atomic mass is 10.1. The van der Waals surface area contributed by atoms with Crippen molar-refractivity contribution in [3.8, 4) is 0 Å². The average molecular weight is 513 g/mol. The Morgan fingerprint density at radius 2 is 1.57 bits per heavy atom. The zero-order chi connectivity index (χ0) is 25.8. The molecule has 192 valence electrons. The molecule has 0 aromatic heterocycles. The normalized spacial score (nSPS) is 17.2. The standard InChI is InChI=1S/C24H31F3N4O3S/c1-29(2)17-23(32)30(14-18-3-7-21(8-4-18)24(25,26)27)15-19-5-9-22(10-6-19)35(33,34)31-12-11-20(13-28)16-31/h3-10,20H,11-17,28H2,1-2H3/t20-/m1/s1. The Labute approximate surface area is 204 Å². The lowest BCUT2D eigenvalue weighted by molar-refractivity contribution is -0.137. The minimum absolute atomic E-state index is 0.124. The number of rotatable bonds is 9. The van der Waals surface area contributed by atoms with Gasteiger partial charge < -0.3 is 15.5 Å². The number of amides is 1. The van der Waals surface area contributed by atoms with Crippen molar-refractivity contribution >= 4 is 15.9 Å². The highest BCUT2D eigenvalue weighted by molar-refractivity contribution is 7.89. The zero-order valence-electron chi connectivity index (χ0n) is 19.8. The van der Waals surface area contributed by atoms with E-state index < -0.39 is 21.8 Å². The predicted molar refractivity (Wildman–Crippen MR) is 127 cm³/mol. The van der Waals surface area contributed by atoms with Crippen molar-refractivity contribution in [1.29, 1.82) is 0 Å². The second-order valence-electron chi connectivity index (χ2n) is 9.08. The number of carbonyl (C=O) groups is 1. The molecule has 1 aliphatic rings. The van der Waals surface area contributed by atoms with Crippen LogP contribution in [0.2, 0.25) is 0 Å². The van der Waals surface area contributed by atoms with E-state index >= 15 is 0 Å². The molecule has 7 nitrogen and oxygen atoms in total. The van der Waals surface area contributed by atoms with E-state index in [1.165, 1.54) is 28.6 Å². The number of halogens is 3. The van der Waals surface area contributed by atoms with E-state index in [0.717, 1.165) is 18.6 Å². The quantitative estimate of drug-likeness (QED) is 0.559. The molecule has 0 radical (unpaired) electrons. The minimum atomic E-state index is -4.43. The van der Waals surface area contributed by atoms with Crippen LogP contribution in [0.1, 0.15) is 23.1 Å². The van der Waals surface area contributed by atoms with Crippen molar-refractivity contribution in [2.75, 3.05) is 40.3 Å². The highest BCUT2D eigenvalue weighted by Crippen LogP contribution is 2.29. The first-order valence-electron chi connectivity index (χ1n) is 11.3. The number of alkyl halides is 3. The van der Waals surface area contributed by atoms with Gasteiger partial charge in [0.2, 0.25) is 15.9 Å². The summed E-state index contributed by atoms with van der Waals surface area (Å²) in [6, 6.07) is 11.1. The van der Waals surface area contributed by atoms with Gasteiger partial charge in [-0.1, -0.05) is 24.3 Å². The van der Waals surface area contributed by atoms with Gasteiger partial charge >= 0.3 is 6.18 Å². The van der Waals surface area contributed by atoms with Crippen LogP contribution in [0.3, 0.4) is 0 Å². The van der Waals surface area contributed by atoms with E-state index in [4.69, 9.17) is 5.73 Å². The fourth-order valence-corrected chi connectivity index (χ4v) is 5.50. The molecule has 2 aromatic carbocycles. The summed E-state index contributed by atoms with van der Waals surface area (Å²) in [6.45, 7) is 1.73. The Bertz CT molecular complexity index is 1100. The summed E-state index contributed by atoms with van der Waals surface area (Å²) in [5.74, 6) is -0.0398. The summed E-state index contributed by atoms with van der Waals surface area (Å²) >= 11 is 0. The van der Waals surface area contributed by atoms with Crippen LogP contribution < -0.4 is 5.73 Å². The topological polar surface area (TPSA) is 87.0 Å². The van der Waals surface area contributed by atoms with Gasteiger partial charge in [-0.25, -0.2) is 8.42 Å². The highest BCUT2D eigenvalue weighted by Gasteiger charge is 2.32. The van der Waals surface area contributed by atoms with Gasteiger partial charge in [0.1, 0.15) is 0 Å². The first-order valence-corrected chi connectivity index (χ1v) is 12.7. The van der Waals surface area contributed by atoms with Gasteiger partial charge in [0.05, 0.1) is 17.0 Å². The fraction of sp³-hybridized carbons (Fsp3) is 0.458. The molecule has 0 unspecified atom stereocenters. The molecule has 1 amide bonds. The summed E-state index contributed by atoms with van der Waals surface area (Å²) in [4.78, 5) is 16.3. The van der Waals surface area contributed by atoms with Gasteiger partial charge in [-0.15, -0.1) is 0 Å². The Morgan fingerprint density at radius 1 is 1.03 bits per heavy atom. The third kappa shape index (κ3) is 7.03. The van der Waals surface area contributed by atoms with Crippen LogP contribution in [0.25, 0.3) is 0 Å². The summed E-state index contributed by atoms with van der Waals surface area (Å²) in [5.41, 5.74) is 6.20. The summed E-state index contributed by atoms with van der Waals surface area (Å²) < 4.78 is 65.9. The largest absolute Gasteiger partial charge is 0.416 e. The van der Waals surface area contributed by atoms with Crippen molar-refractivity contribution in [2.45, 2.75) is 30.6 Å². The van der Waals surface area contributed by atoms with Gasteiger partial charge in [-0.3, -0.25) is 4.79 Å². The van der Waals surface area contributed by atoms with Gasteiger partial charge in [0, 0.05) is 26.2 Å². The predicted octanol–water partition coefficient (Wildman–Crippen LogP) is 2.77. The molecule has 3 rings (SSSR count). The van der Waals surface area contributed by atoms with Crippen LogP contribution in [0.15, 0.2) is 53.4 Å². The number of benzene rings is 2. The molecular formula is C24H31F3N4O3S. The van der Waals surface area contributed by atoms with Gasteiger partial charge in [0.25, 0.3) is 0 Å². The first-order chi connectivity index (χ1) is 16.4. The molecule has 0 spiro atoms. The van der Waals surface area contributed by atoms with Gasteiger partial charge in [0.15, 0.2) is 0 Å². The SMILES string of the molecule is CN(C)CC(=O)N(Cc1ccc(C(F)(F)F)cc1)Cc1ccc(S(=O)(=O)N2CC[C@H](CN)C2)cc1. The molecule has 2 aromatic rings. The number of likely N-dealkylation sites (N-methyl/N-ethyl adjacent to an activating group) is 1. The van der Waals surface area contributed by atoms with Crippen molar-refractivity contribution in [1.82, 2.24) is 14.1 Å². The monoisotopic (exact) mass is 512 g/mol. The molecule has 1 aliphatic heterocycles. The third-order valence-electron chi connectivity index (χ3n) is 5.98. The van der Waals surface area contributed by atoms with Crippen molar-refractivity contribution in [3.63, 3.8) is 0 Å². The number of carbonyl (C=O) groups excluding carboxylic acids is 1. The summed E-state index contributed by atoms with van der Waals surface area (Å²) in [6.07, 6.45) is -3.69. The van der Waals surface area contributed by atoms with Crippen molar-refractivity contribution in [2.24, 2.45) is 11.7 Å². The Kier molecular flexibility index (Phi) is 8.58. The third-order valence-corrected chi connectivity index (χ3v) is 7.85. The zero-order valence-corrected chi connectivity index (χ0v) is 20.6. The van der Waals surface area contributed by atoms with Crippen molar-refractivity contribution < 1.29 is 26.4 Å². The van der Waals surface area contributed by atoms with Crippen LogP contribution in [0.4, 0.5) is 13.2 Å². The summed E-state index contributed by atoms with van der Waals surface area (Å²) in [5, 5.41) is 0. The van der Waals surface area contributed by atoms with Gasteiger partial charge in [-0.2, -0.15) is 17.5 Å². The average Bonchev–Trinajstić information content (AvgIpc) is 3.29. The lowest BCUT2D eigenvalue weighted by Gasteiger charge is -2.25. The molecule has 35 heavy (non-hydrogen) atoms. The molecule has 0 bridgehead atoms. The second-order valence-corrected chi connectivity index (χ2v) is 11.0. The van der Waals surface area contributed by atoms with Crippen LogP contribution in [0.5, 0.6) is 0 Å². The fourth-order valence-electron chi connectivity index (χ4n) is 3.97. The molecule has 0 saturated carbocycles. The molecule has 0 aliphatic carbocycles. The van der Waals surface area contributed by atoms with E-state index in [2.05, 4.69) is 0 Å². The van der Waals surface area contributed by atoms with Crippen LogP contribution in [-0.4, -0.2) is 68.7 Å². The highest BCUT2D eigenvalue weighted by atomic mass is 32.2. The molecule has 1 atom stereocenters. The number of nitrogens with zero attached hydrogens (tertiary/aromatic N) is 3. The summed E-state index contributed by atoms with van der Waals surface area (Å²) in [7, 11) is -0.122. The molecular weight excluding hydrogens is 481 g/mol. The molecule has 1 heterocycles. The Morgan fingerprint density at radius 3 is 2.03 bits per heavy atom. The maximum absolute atomic E-state index is 12.9. The molecule has 1 saturated heterocycles. The Hall–Kier alpha value is -2.47. The Balaban J connectivity index is 1.75. The van der Waals surface area contributed by atoms with E-state index in [0.29, 0.717) is 30.8 Å². The molecule has 1 fully saturated rings. The smallest absolute Gasteiger partial charge is 0.333 e. The lowest BCUT2D eigenvalue weighted by Crippen LogP contribution is -2.37. The second kappa shape index (κ2) is 11.1. The first kappa shape index (κ1) is 27.1. The number of nitrogens with two attached hydrogens (primary N) is 1. The van der Waals surface area contributed by atoms with E-state index in [9.17, 15) is 26.4 Å². The van der Waals surface area contributed by atoms with Crippen molar-refractivity contribution in [3.05, 3.63) is 65.2 Å². The van der Waals surface area contributed by atoms with Crippen LogP contribution in [-0.2, 0) is 34.1 Å². The van der Waals surface area contributed by atoms with Crippen LogP contribution in [0, 0.1) is 5.92 Å². The van der Waals surface area contributed by atoms with E-state index in [1.807, 2.05) is 0 Å². The maximum atomic E-state index is 12.9. The van der Waals surface area contributed by atoms with Crippen LogP contribution >= 0.6 is 0 Å². The van der Waals surface area contributed by atoms with Gasteiger partial charge in [-0.05, 0) is 68.4 Å². The number of sulfonamides is 1. The number of hydrogen-bond donors (Lipinski definition) is 1.